The van der Waals surface area contributed by atoms with E-state index in [1.807, 2.05) is 0 Å². The molecule has 0 aromatic rings. The Balaban J connectivity index is 3.01. The van der Waals surface area contributed by atoms with Crippen molar-refractivity contribution in [2.75, 3.05) is 0 Å². The molecular weight excluding hydrogens is 236 g/mol. The first-order chi connectivity index (χ1) is 7.96. The summed E-state index contributed by atoms with van der Waals surface area (Å²) in [6.45, 7) is 10.4. The van der Waals surface area contributed by atoms with Gasteiger partial charge in [-0.1, -0.05) is 0 Å². The zero-order valence-corrected chi connectivity index (χ0v) is 11.8. The van der Waals surface area contributed by atoms with E-state index >= 15 is 0 Å². The molecule has 0 bridgehead atoms. The zero-order valence-electron chi connectivity index (χ0n) is 11.8. The number of carbonyl (C=O) groups excluding carboxylic acids is 2. The third-order valence-electron chi connectivity index (χ3n) is 2.66. The summed E-state index contributed by atoms with van der Waals surface area (Å²) in [6.07, 6.45) is -1.05. The molecule has 6 nitrogen and oxygen atoms in total. The van der Waals surface area contributed by atoms with Gasteiger partial charge in [0, 0.05) is 0 Å². The van der Waals surface area contributed by atoms with Crippen LogP contribution in [0.1, 0.15) is 41.5 Å². The molecule has 18 heavy (non-hydrogen) atoms. The second kappa shape index (κ2) is 4.42. The van der Waals surface area contributed by atoms with Gasteiger partial charge in [0.05, 0.1) is 6.10 Å². The highest BCUT2D eigenvalue weighted by Crippen LogP contribution is 2.33. The monoisotopic (exact) mass is 258 g/mol. The van der Waals surface area contributed by atoms with E-state index in [0.29, 0.717) is 0 Å². The maximum absolute atomic E-state index is 12.2. The van der Waals surface area contributed by atoms with E-state index in [1.165, 1.54) is 4.90 Å². The smallest absolute Gasteiger partial charge is 0.413 e. The molecule has 0 aromatic heterocycles. The lowest BCUT2D eigenvalue weighted by atomic mass is 10.1. The molecule has 1 fully saturated rings. The Morgan fingerprint density at radius 2 is 1.83 bits per heavy atom. The molecule has 2 atom stereocenters. The van der Waals surface area contributed by atoms with Gasteiger partial charge in [0.15, 0.2) is 0 Å². The van der Waals surface area contributed by atoms with Crippen LogP contribution in [0.15, 0.2) is 0 Å². The van der Waals surface area contributed by atoms with E-state index in [9.17, 15) is 9.59 Å². The molecule has 0 saturated carbocycles. The maximum atomic E-state index is 12.2. The summed E-state index contributed by atoms with van der Waals surface area (Å²) < 4.78 is 10.9. The Morgan fingerprint density at radius 1 is 1.33 bits per heavy atom. The summed E-state index contributed by atoms with van der Waals surface area (Å²) in [5, 5.41) is 0. The number of hydrogen-bond donors (Lipinski definition) is 1. The van der Waals surface area contributed by atoms with Crippen molar-refractivity contribution in [3.05, 3.63) is 0 Å². The third-order valence-corrected chi connectivity index (χ3v) is 2.66. The van der Waals surface area contributed by atoms with E-state index in [1.54, 1.807) is 41.5 Å². The van der Waals surface area contributed by atoms with E-state index in [-0.39, 0.29) is 0 Å². The fraction of sp³-hybridized carbons (Fsp3) is 0.833. The van der Waals surface area contributed by atoms with Crippen LogP contribution in [0.25, 0.3) is 0 Å². The van der Waals surface area contributed by atoms with Crippen molar-refractivity contribution in [2.24, 2.45) is 5.73 Å². The minimum atomic E-state index is -0.915. The molecule has 0 aliphatic carbocycles. The van der Waals surface area contributed by atoms with Crippen LogP contribution in [0.2, 0.25) is 0 Å². The van der Waals surface area contributed by atoms with Crippen molar-refractivity contribution in [1.29, 1.82) is 0 Å². The van der Waals surface area contributed by atoms with Crippen molar-refractivity contribution in [3.63, 3.8) is 0 Å². The zero-order chi connectivity index (χ0) is 14.3. The molecule has 0 aromatic carbocycles. The molecule has 2 N–H and O–H groups in total. The SMILES string of the molecule is C[C@@H]1OC(C)(C)N(C(=O)OC(C)(C)C)[C@H]1C(N)=O. The molecular formula is C12H22N2O4. The van der Waals surface area contributed by atoms with E-state index < -0.39 is 35.5 Å². The summed E-state index contributed by atoms with van der Waals surface area (Å²) in [5.41, 5.74) is 3.78. The van der Waals surface area contributed by atoms with Crippen molar-refractivity contribution >= 4 is 12.0 Å². The van der Waals surface area contributed by atoms with Crippen LogP contribution in [0, 0.1) is 0 Å². The minimum Gasteiger partial charge on any atom is -0.444 e. The molecule has 2 amide bonds. The summed E-state index contributed by atoms with van der Waals surface area (Å²) >= 11 is 0. The predicted octanol–water partition coefficient (Wildman–Crippen LogP) is 1.23. The van der Waals surface area contributed by atoms with Crippen molar-refractivity contribution in [3.8, 4) is 0 Å². The lowest BCUT2D eigenvalue weighted by molar-refractivity contribution is -0.123. The Bertz CT molecular complexity index is 360. The van der Waals surface area contributed by atoms with E-state index in [2.05, 4.69) is 0 Å². The second-order valence-corrected chi connectivity index (χ2v) is 5.97. The Morgan fingerprint density at radius 3 is 2.22 bits per heavy atom. The van der Waals surface area contributed by atoms with Crippen LogP contribution in [0.3, 0.4) is 0 Å². The van der Waals surface area contributed by atoms with Crippen LogP contribution in [0.5, 0.6) is 0 Å². The van der Waals surface area contributed by atoms with Crippen molar-refractivity contribution in [2.45, 2.75) is 65.0 Å². The molecule has 1 aliphatic rings. The summed E-state index contributed by atoms with van der Waals surface area (Å²) in [7, 11) is 0. The van der Waals surface area contributed by atoms with Gasteiger partial charge in [0.25, 0.3) is 0 Å². The topological polar surface area (TPSA) is 81.9 Å². The first kappa shape index (κ1) is 14.8. The fourth-order valence-corrected chi connectivity index (χ4v) is 2.12. The molecule has 1 saturated heterocycles. The van der Waals surface area contributed by atoms with Gasteiger partial charge < -0.3 is 15.2 Å². The van der Waals surface area contributed by atoms with Gasteiger partial charge in [-0.15, -0.1) is 0 Å². The van der Waals surface area contributed by atoms with E-state index in [4.69, 9.17) is 15.2 Å². The Hall–Kier alpha value is -1.30. The highest BCUT2D eigenvalue weighted by atomic mass is 16.6. The third kappa shape index (κ3) is 2.93. The first-order valence-electron chi connectivity index (χ1n) is 5.95. The molecule has 0 radical (unpaired) electrons. The highest BCUT2D eigenvalue weighted by Gasteiger charge is 2.52. The van der Waals surface area contributed by atoms with Crippen LogP contribution < -0.4 is 5.73 Å². The molecule has 0 spiro atoms. The Kier molecular flexibility index (Phi) is 3.63. The standard InChI is InChI=1S/C12H22N2O4/c1-7-8(9(13)15)14(12(5,6)17-7)10(16)18-11(2,3)4/h7-8H,1-6H3,(H2,13,15)/t7-,8+/m0/s1. The van der Waals surface area contributed by atoms with Gasteiger partial charge in [0.2, 0.25) is 5.91 Å². The fourth-order valence-electron chi connectivity index (χ4n) is 2.12. The Labute approximate surface area is 107 Å². The number of rotatable bonds is 1. The normalized spacial score (nSPS) is 27.1. The number of hydrogen-bond acceptors (Lipinski definition) is 4. The average Bonchev–Trinajstić information content (AvgIpc) is 2.31. The predicted molar refractivity (Wildman–Crippen MR) is 65.7 cm³/mol. The maximum Gasteiger partial charge on any atom is 0.413 e. The van der Waals surface area contributed by atoms with Crippen molar-refractivity contribution < 1.29 is 19.1 Å². The lowest BCUT2D eigenvalue weighted by Crippen LogP contribution is -2.54. The van der Waals surface area contributed by atoms with Gasteiger partial charge >= 0.3 is 6.09 Å². The summed E-state index contributed by atoms with van der Waals surface area (Å²) in [4.78, 5) is 24.9. The quantitative estimate of drug-likeness (QED) is 0.767. The number of nitrogens with zero attached hydrogens (tertiary/aromatic N) is 1. The lowest BCUT2D eigenvalue weighted by Gasteiger charge is -2.34. The number of nitrogens with two attached hydrogens (primary N) is 1. The van der Waals surface area contributed by atoms with Crippen LogP contribution >= 0.6 is 0 Å². The largest absolute Gasteiger partial charge is 0.444 e. The highest BCUT2D eigenvalue weighted by molar-refractivity contribution is 5.86. The molecule has 1 rings (SSSR count). The first-order valence-corrected chi connectivity index (χ1v) is 5.95. The van der Waals surface area contributed by atoms with Gasteiger partial charge in [-0.25, -0.2) is 4.79 Å². The average molecular weight is 258 g/mol. The second-order valence-electron chi connectivity index (χ2n) is 5.97. The van der Waals surface area contributed by atoms with Gasteiger partial charge in [0.1, 0.15) is 17.4 Å². The molecule has 6 heteroatoms. The number of carbonyl (C=O) groups is 2. The number of primary amides is 1. The number of amides is 2. The van der Waals surface area contributed by atoms with Gasteiger partial charge in [-0.05, 0) is 41.5 Å². The number of ether oxygens (including phenoxy) is 2. The molecule has 1 aliphatic heterocycles. The van der Waals surface area contributed by atoms with Gasteiger partial charge in [-0.3, -0.25) is 9.69 Å². The summed E-state index contributed by atoms with van der Waals surface area (Å²) in [5.74, 6) is -0.598. The van der Waals surface area contributed by atoms with E-state index in [0.717, 1.165) is 0 Å². The van der Waals surface area contributed by atoms with Crippen LogP contribution in [-0.2, 0) is 14.3 Å². The molecule has 0 unspecified atom stereocenters. The molecule has 1 heterocycles. The van der Waals surface area contributed by atoms with Gasteiger partial charge in [-0.2, -0.15) is 0 Å². The minimum absolute atomic E-state index is 0.454. The van der Waals surface area contributed by atoms with Crippen LogP contribution in [-0.4, -0.2) is 40.4 Å². The van der Waals surface area contributed by atoms with Crippen LogP contribution in [0.4, 0.5) is 4.79 Å². The summed E-state index contributed by atoms with van der Waals surface area (Å²) in [6, 6.07) is -0.810. The van der Waals surface area contributed by atoms with Crippen molar-refractivity contribution in [1.82, 2.24) is 4.90 Å². The molecule has 104 valence electrons.